The van der Waals surface area contributed by atoms with Crippen LogP contribution in [0.5, 0.6) is 0 Å². The first kappa shape index (κ1) is 16.7. The number of aromatic nitrogens is 3. The van der Waals surface area contributed by atoms with Crippen LogP contribution in [-0.4, -0.2) is 33.3 Å². The molecule has 0 radical (unpaired) electrons. The SMILES string of the molecule is I.N#Cc1ncn(CCN=C(N)NC2CCCCC2)n1. The second-order valence-electron chi connectivity index (χ2n) is 4.69. The van der Waals surface area contributed by atoms with Gasteiger partial charge in [-0.05, 0) is 12.8 Å². The second-order valence-corrected chi connectivity index (χ2v) is 4.69. The fourth-order valence-electron chi connectivity index (χ4n) is 2.23. The summed E-state index contributed by atoms with van der Waals surface area (Å²) in [6, 6.07) is 2.35. The molecule has 0 saturated heterocycles. The summed E-state index contributed by atoms with van der Waals surface area (Å²) in [5.74, 6) is 0.671. The minimum absolute atomic E-state index is 0. The van der Waals surface area contributed by atoms with Crippen molar-refractivity contribution in [1.29, 1.82) is 5.26 Å². The molecule has 1 aliphatic carbocycles. The number of nitrogens with zero attached hydrogens (tertiary/aromatic N) is 5. The Morgan fingerprint density at radius 1 is 1.50 bits per heavy atom. The van der Waals surface area contributed by atoms with Gasteiger partial charge in [-0.15, -0.1) is 29.1 Å². The number of hydrogen-bond acceptors (Lipinski definition) is 4. The van der Waals surface area contributed by atoms with Crippen molar-refractivity contribution < 1.29 is 0 Å². The third-order valence-corrected chi connectivity index (χ3v) is 3.20. The third kappa shape index (κ3) is 5.32. The first-order valence-electron chi connectivity index (χ1n) is 6.64. The molecule has 7 nitrogen and oxygen atoms in total. The van der Waals surface area contributed by atoms with Gasteiger partial charge < -0.3 is 11.1 Å². The van der Waals surface area contributed by atoms with Gasteiger partial charge in [0.2, 0.25) is 0 Å². The van der Waals surface area contributed by atoms with E-state index in [1.54, 1.807) is 4.68 Å². The van der Waals surface area contributed by atoms with Gasteiger partial charge in [0, 0.05) is 6.04 Å². The molecule has 0 unspecified atom stereocenters. The average molecular weight is 389 g/mol. The molecule has 8 heteroatoms. The highest BCUT2D eigenvalue weighted by molar-refractivity contribution is 14.0. The molecule has 1 aromatic heterocycles. The highest BCUT2D eigenvalue weighted by Crippen LogP contribution is 2.16. The maximum Gasteiger partial charge on any atom is 0.252 e. The van der Waals surface area contributed by atoms with Crippen molar-refractivity contribution in [3.63, 3.8) is 0 Å². The van der Waals surface area contributed by atoms with Gasteiger partial charge in [0.15, 0.2) is 5.96 Å². The molecule has 1 fully saturated rings. The molecule has 1 aromatic rings. The Balaban J connectivity index is 0.00000200. The van der Waals surface area contributed by atoms with Crippen molar-refractivity contribution in [1.82, 2.24) is 20.1 Å². The number of nitrogens with one attached hydrogen (secondary N) is 1. The molecular weight excluding hydrogens is 369 g/mol. The van der Waals surface area contributed by atoms with Crippen molar-refractivity contribution in [3.05, 3.63) is 12.2 Å². The van der Waals surface area contributed by atoms with Gasteiger partial charge in [0.05, 0.1) is 13.1 Å². The standard InChI is InChI=1S/C12H19N7.HI/c13-8-11-16-9-19(18-11)7-6-15-12(14)17-10-4-2-1-3-5-10;/h9-10H,1-7H2,(H3,14,15,17);1H. The van der Waals surface area contributed by atoms with Gasteiger partial charge in [-0.3, -0.25) is 4.99 Å². The highest BCUT2D eigenvalue weighted by Gasteiger charge is 2.13. The van der Waals surface area contributed by atoms with E-state index in [0.717, 1.165) is 0 Å². The maximum atomic E-state index is 8.60. The quantitative estimate of drug-likeness (QED) is 0.454. The Morgan fingerprint density at radius 3 is 2.90 bits per heavy atom. The molecule has 1 heterocycles. The van der Waals surface area contributed by atoms with Gasteiger partial charge in [-0.2, -0.15) is 5.26 Å². The molecule has 2 rings (SSSR count). The highest BCUT2D eigenvalue weighted by atomic mass is 127. The molecule has 0 amide bonds. The number of hydrogen-bond donors (Lipinski definition) is 2. The van der Waals surface area contributed by atoms with Gasteiger partial charge in [-0.25, -0.2) is 9.67 Å². The number of aliphatic imine (C=N–C) groups is 1. The molecule has 0 bridgehead atoms. The van der Waals surface area contributed by atoms with Crippen LogP contribution in [0.25, 0.3) is 0 Å². The van der Waals surface area contributed by atoms with Crippen LogP contribution in [0.1, 0.15) is 37.9 Å². The van der Waals surface area contributed by atoms with E-state index in [-0.39, 0.29) is 29.8 Å². The first-order chi connectivity index (χ1) is 9.28. The van der Waals surface area contributed by atoms with Crippen molar-refractivity contribution in [2.24, 2.45) is 10.7 Å². The molecule has 20 heavy (non-hydrogen) atoms. The summed E-state index contributed by atoms with van der Waals surface area (Å²) in [6.07, 6.45) is 7.72. The summed E-state index contributed by atoms with van der Waals surface area (Å²) >= 11 is 0. The van der Waals surface area contributed by atoms with E-state index in [1.165, 1.54) is 38.4 Å². The van der Waals surface area contributed by atoms with Crippen molar-refractivity contribution >= 4 is 29.9 Å². The van der Waals surface area contributed by atoms with Crippen LogP contribution in [0.3, 0.4) is 0 Å². The normalized spacial score (nSPS) is 16.2. The molecule has 0 atom stereocenters. The minimum Gasteiger partial charge on any atom is -0.370 e. The van der Waals surface area contributed by atoms with E-state index in [0.29, 0.717) is 25.1 Å². The topological polar surface area (TPSA) is 105 Å². The van der Waals surface area contributed by atoms with Gasteiger partial charge in [0.25, 0.3) is 5.82 Å². The van der Waals surface area contributed by atoms with Crippen LogP contribution >= 0.6 is 24.0 Å². The summed E-state index contributed by atoms with van der Waals surface area (Å²) in [6.45, 7) is 1.10. The zero-order valence-electron chi connectivity index (χ0n) is 11.3. The molecular formula is C12H20IN7. The molecule has 110 valence electrons. The lowest BCUT2D eigenvalue weighted by Gasteiger charge is -2.23. The zero-order chi connectivity index (χ0) is 13.5. The van der Waals surface area contributed by atoms with E-state index in [9.17, 15) is 0 Å². The van der Waals surface area contributed by atoms with E-state index in [4.69, 9.17) is 11.0 Å². The largest absolute Gasteiger partial charge is 0.370 e. The summed E-state index contributed by atoms with van der Waals surface area (Å²) in [7, 11) is 0. The fourth-order valence-corrected chi connectivity index (χ4v) is 2.23. The second kappa shape index (κ2) is 8.73. The lowest BCUT2D eigenvalue weighted by Crippen LogP contribution is -2.41. The van der Waals surface area contributed by atoms with E-state index >= 15 is 0 Å². The minimum atomic E-state index is 0. The molecule has 1 saturated carbocycles. The van der Waals surface area contributed by atoms with Crippen LogP contribution < -0.4 is 11.1 Å². The van der Waals surface area contributed by atoms with Crippen molar-refractivity contribution in [2.75, 3.05) is 6.54 Å². The number of nitriles is 1. The number of halogens is 1. The summed E-state index contributed by atoms with van der Waals surface area (Å²) in [5, 5.41) is 15.8. The monoisotopic (exact) mass is 389 g/mol. The molecule has 0 aliphatic heterocycles. The molecule has 0 aromatic carbocycles. The van der Waals surface area contributed by atoms with Crippen LogP contribution in [0, 0.1) is 11.3 Å². The maximum absolute atomic E-state index is 8.60. The first-order valence-corrected chi connectivity index (χ1v) is 6.64. The predicted molar refractivity (Wildman–Crippen MR) is 86.7 cm³/mol. The molecule has 1 aliphatic rings. The van der Waals surface area contributed by atoms with E-state index in [1.807, 2.05) is 6.07 Å². The number of guanidine groups is 1. The lowest BCUT2D eigenvalue weighted by molar-refractivity contribution is 0.412. The van der Waals surface area contributed by atoms with Crippen LogP contribution in [-0.2, 0) is 6.54 Å². The third-order valence-electron chi connectivity index (χ3n) is 3.20. The Kier molecular flexibility index (Phi) is 7.28. The average Bonchev–Trinajstić information content (AvgIpc) is 2.88. The summed E-state index contributed by atoms with van der Waals surface area (Å²) in [4.78, 5) is 8.08. The number of rotatable bonds is 4. The molecule has 0 spiro atoms. The van der Waals surface area contributed by atoms with Crippen molar-refractivity contribution in [3.8, 4) is 6.07 Å². The van der Waals surface area contributed by atoms with Crippen LogP contribution in [0.2, 0.25) is 0 Å². The van der Waals surface area contributed by atoms with Gasteiger partial charge >= 0.3 is 0 Å². The van der Waals surface area contributed by atoms with Gasteiger partial charge in [0.1, 0.15) is 12.4 Å². The fraction of sp³-hybridized carbons (Fsp3) is 0.667. The Labute approximate surface area is 135 Å². The summed E-state index contributed by atoms with van der Waals surface area (Å²) < 4.78 is 1.59. The van der Waals surface area contributed by atoms with E-state index < -0.39 is 0 Å². The Morgan fingerprint density at radius 2 is 2.25 bits per heavy atom. The number of nitrogens with two attached hydrogens (primary N) is 1. The Hall–Kier alpha value is -1.37. The van der Waals surface area contributed by atoms with Crippen LogP contribution in [0.15, 0.2) is 11.3 Å². The van der Waals surface area contributed by atoms with Crippen LogP contribution in [0.4, 0.5) is 0 Å². The Bertz CT molecular complexity index is 470. The predicted octanol–water partition coefficient (Wildman–Crippen LogP) is 1.00. The van der Waals surface area contributed by atoms with Gasteiger partial charge in [-0.1, -0.05) is 19.3 Å². The smallest absolute Gasteiger partial charge is 0.252 e. The molecule has 3 N–H and O–H groups in total. The van der Waals surface area contributed by atoms with E-state index in [2.05, 4.69) is 20.4 Å². The zero-order valence-corrected chi connectivity index (χ0v) is 13.7. The summed E-state index contributed by atoms with van der Waals surface area (Å²) in [5.41, 5.74) is 5.84. The van der Waals surface area contributed by atoms with Crippen molar-refractivity contribution in [2.45, 2.75) is 44.7 Å². The lowest BCUT2D eigenvalue weighted by atomic mass is 9.96.